The predicted molar refractivity (Wildman–Crippen MR) is 107 cm³/mol. The molecule has 1 atom stereocenters. The van der Waals surface area contributed by atoms with Gasteiger partial charge < -0.3 is 10.2 Å². The van der Waals surface area contributed by atoms with Crippen molar-refractivity contribution in [3.8, 4) is 0 Å². The van der Waals surface area contributed by atoms with Gasteiger partial charge in [0, 0.05) is 43.3 Å². The summed E-state index contributed by atoms with van der Waals surface area (Å²) < 4.78 is 13.0. The fraction of sp³-hybridized carbons (Fsp3) is 0.333. The molecule has 2 aromatic carbocycles. The van der Waals surface area contributed by atoms with Gasteiger partial charge in [-0.15, -0.1) is 0 Å². The molecule has 148 valence electrons. The minimum atomic E-state index is -0.363. The maximum atomic E-state index is 13.0. The molecule has 1 aliphatic heterocycles. The normalized spacial score (nSPS) is 15.9. The summed E-state index contributed by atoms with van der Waals surface area (Å²) in [5.41, 5.74) is 1.35. The van der Waals surface area contributed by atoms with Crippen molar-refractivity contribution in [3.05, 3.63) is 70.5 Å². The molecular formula is C21H23ClFN3O2. The number of benzene rings is 2. The Hall–Kier alpha value is -2.44. The Morgan fingerprint density at radius 2 is 1.71 bits per heavy atom. The number of piperazine rings is 1. The van der Waals surface area contributed by atoms with Crippen molar-refractivity contribution in [1.29, 1.82) is 0 Å². The molecule has 0 saturated carbocycles. The molecule has 1 aliphatic rings. The van der Waals surface area contributed by atoms with E-state index in [1.807, 2.05) is 25.1 Å². The standard InChI is InChI=1S/C21H23ClFN3O2/c1-15(20(27)24-14-17-4-2-3-5-19(17)22)25-10-12-26(13-11-25)21(28)16-6-8-18(23)9-7-16/h2-9,15H,10-14H2,1H3,(H,24,27). The van der Waals surface area contributed by atoms with E-state index in [2.05, 4.69) is 10.2 Å². The molecule has 0 radical (unpaired) electrons. The minimum Gasteiger partial charge on any atom is -0.351 e. The van der Waals surface area contributed by atoms with Crippen LogP contribution in [-0.4, -0.2) is 53.8 Å². The zero-order valence-corrected chi connectivity index (χ0v) is 16.5. The van der Waals surface area contributed by atoms with Crippen molar-refractivity contribution in [3.63, 3.8) is 0 Å². The number of carbonyl (C=O) groups excluding carboxylic acids is 2. The summed E-state index contributed by atoms with van der Waals surface area (Å²) in [5, 5.41) is 3.55. The number of hydrogen-bond acceptors (Lipinski definition) is 3. The van der Waals surface area contributed by atoms with Crippen LogP contribution in [0, 0.1) is 5.82 Å². The predicted octanol–water partition coefficient (Wildman–Crippen LogP) is 2.94. The van der Waals surface area contributed by atoms with Crippen molar-refractivity contribution in [2.24, 2.45) is 0 Å². The monoisotopic (exact) mass is 403 g/mol. The lowest BCUT2D eigenvalue weighted by molar-refractivity contribution is -0.126. The summed E-state index contributed by atoms with van der Waals surface area (Å²) in [6, 6.07) is 12.7. The number of amides is 2. The molecule has 1 fully saturated rings. The molecule has 5 nitrogen and oxygen atoms in total. The summed E-state index contributed by atoms with van der Waals surface area (Å²) >= 11 is 6.12. The quantitative estimate of drug-likeness (QED) is 0.835. The van der Waals surface area contributed by atoms with Crippen LogP contribution < -0.4 is 5.32 Å². The van der Waals surface area contributed by atoms with Gasteiger partial charge in [-0.05, 0) is 42.8 Å². The van der Waals surface area contributed by atoms with Crippen LogP contribution in [0.2, 0.25) is 5.02 Å². The van der Waals surface area contributed by atoms with Crippen molar-refractivity contribution < 1.29 is 14.0 Å². The minimum absolute atomic E-state index is 0.0711. The number of nitrogens with zero attached hydrogens (tertiary/aromatic N) is 2. The van der Waals surface area contributed by atoms with Crippen LogP contribution in [0.3, 0.4) is 0 Å². The van der Waals surface area contributed by atoms with Crippen LogP contribution in [0.4, 0.5) is 4.39 Å². The summed E-state index contributed by atoms with van der Waals surface area (Å²) in [4.78, 5) is 28.8. The van der Waals surface area contributed by atoms with Gasteiger partial charge in [0.2, 0.25) is 5.91 Å². The highest BCUT2D eigenvalue weighted by molar-refractivity contribution is 6.31. The molecular weight excluding hydrogens is 381 g/mol. The van der Waals surface area contributed by atoms with E-state index in [0.717, 1.165) is 5.56 Å². The highest BCUT2D eigenvalue weighted by atomic mass is 35.5. The number of halogens is 2. The van der Waals surface area contributed by atoms with E-state index in [0.29, 0.717) is 43.3 Å². The molecule has 1 heterocycles. The smallest absolute Gasteiger partial charge is 0.253 e. The topological polar surface area (TPSA) is 52.7 Å². The van der Waals surface area contributed by atoms with Crippen molar-refractivity contribution in [2.45, 2.75) is 19.5 Å². The number of rotatable bonds is 5. The highest BCUT2D eigenvalue weighted by Gasteiger charge is 2.27. The SMILES string of the molecule is CC(C(=O)NCc1ccccc1Cl)N1CCN(C(=O)c2ccc(F)cc2)CC1. The number of nitrogens with one attached hydrogen (secondary N) is 1. The van der Waals surface area contributed by atoms with Gasteiger partial charge in [0.05, 0.1) is 6.04 Å². The maximum absolute atomic E-state index is 13.0. The zero-order chi connectivity index (χ0) is 20.1. The van der Waals surface area contributed by atoms with Gasteiger partial charge in [0.15, 0.2) is 0 Å². The van der Waals surface area contributed by atoms with Gasteiger partial charge >= 0.3 is 0 Å². The van der Waals surface area contributed by atoms with Crippen LogP contribution >= 0.6 is 11.6 Å². The van der Waals surface area contributed by atoms with E-state index in [1.165, 1.54) is 24.3 Å². The molecule has 0 aromatic heterocycles. The molecule has 3 rings (SSSR count). The van der Waals surface area contributed by atoms with Gasteiger partial charge in [0.1, 0.15) is 5.82 Å². The Morgan fingerprint density at radius 1 is 1.07 bits per heavy atom. The maximum Gasteiger partial charge on any atom is 0.253 e. The highest BCUT2D eigenvalue weighted by Crippen LogP contribution is 2.15. The summed E-state index contributed by atoms with van der Waals surface area (Å²) in [6.07, 6.45) is 0. The second-order valence-corrected chi connectivity index (χ2v) is 7.23. The summed E-state index contributed by atoms with van der Waals surface area (Å²) in [5.74, 6) is -0.549. The molecule has 0 aliphatic carbocycles. The molecule has 0 spiro atoms. The van der Waals surface area contributed by atoms with Crippen molar-refractivity contribution in [2.75, 3.05) is 26.2 Å². The molecule has 7 heteroatoms. The molecule has 28 heavy (non-hydrogen) atoms. The van der Waals surface area contributed by atoms with Crippen molar-refractivity contribution in [1.82, 2.24) is 15.1 Å². The fourth-order valence-corrected chi connectivity index (χ4v) is 3.43. The van der Waals surface area contributed by atoms with Crippen LogP contribution in [0.5, 0.6) is 0 Å². The van der Waals surface area contributed by atoms with E-state index < -0.39 is 0 Å². The van der Waals surface area contributed by atoms with Crippen LogP contribution in [0.15, 0.2) is 48.5 Å². The molecule has 1 unspecified atom stereocenters. The first-order chi connectivity index (χ1) is 13.5. The second kappa shape index (κ2) is 9.17. The third-order valence-corrected chi connectivity index (χ3v) is 5.40. The Morgan fingerprint density at radius 3 is 2.36 bits per heavy atom. The Bertz CT molecular complexity index is 836. The molecule has 1 saturated heterocycles. The van der Waals surface area contributed by atoms with Crippen LogP contribution in [-0.2, 0) is 11.3 Å². The Balaban J connectivity index is 1.49. The Labute approximate surface area is 169 Å². The third-order valence-electron chi connectivity index (χ3n) is 5.03. The molecule has 2 aromatic rings. The lowest BCUT2D eigenvalue weighted by Crippen LogP contribution is -2.54. The molecule has 2 amide bonds. The van der Waals surface area contributed by atoms with Crippen molar-refractivity contribution >= 4 is 23.4 Å². The van der Waals surface area contributed by atoms with Gasteiger partial charge in [-0.25, -0.2) is 4.39 Å². The van der Waals surface area contributed by atoms with E-state index in [4.69, 9.17) is 11.6 Å². The van der Waals surface area contributed by atoms with Gasteiger partial charge in [-0.3, -0.25) is 14.5 Å². The largest absolute Gasteiger partial charge is 0.351 e. The Kier molecular flexibility index (Phi) is 6.65. The van der Waals surface area contributed by atoms with E-state index in [1.54, 1.807) is 11.0 Å². The summed E-state index contributed by atoms with van der Waals surface area (Å²) in [6.45, 7) is 4.50. The zero-order valence-electron chi connectivity index (χ0n) is 15.7. The first-order valence-electron chi connectivity index (χ1n) is 9.25. The van der Waals surface area contributed by atoms with E-state index in [9.17, 15) is 14.0 Å². The first kappa shape index (κ1) is 20.3. The van der Waals surface area contributed by atoms with Gasteiger partial charge in [0.25, 0.3) is 5.91 Å². The lowest BCUT2D eigenvalue weighted by Gasteiger charge is -2.37. The van der Waals surface area contributed by atoms with E-state index >= 15 is 0 Å². The third kappa shape index (κ3) is 4.88. The molecule has 1 N–H and O–H groups in total. The average molecular weight is 404 g/mol. The van der Waals surface area contributed by atoms with E-state index in [-0.39, 0.29) is 23.7 Å². The first-order valence-corrected chi connectivity index (χ1v) is 9.63. The van der Waals surface area contributed by atoms with Crippen LogP contribution in [0.25, 0.3) is 0 Å². The number of hydrogen-bond donors (Lipinski definition) is 1. The van der Waals surface area contributed by atoms with Gasteiger partial charge in [-0.1, -0.05) is 29.8 Å². The number of carbonyl (C=O) groups is 2. The van der Waals surface area contributed by atoms with Gasteiger partial charge in [-0.2, -0.15) is 0 Å². The van der Waals surface area contributed by atoms with Crippen LogP contribution in [0.1, 0.15) is 22.8 Å². The lowest BCUT2D eigenvalue weighted by atomic mass is 10.1. The average Bonchev–Trinajstić information content (AvgIpc) is 2.72. The summed E-state index contributed by atoms with van der Waals surface area (Å²) in [7, 11) is 0. The molecule has 0 bridgehead atoms. The second-order valence-electron chi connectivity index (χ2n) is 6.82. The fourth-order valence-electron chi connectivity index (χ4n) is 3.22.